The molecule has 0 heterocycles. The number of esters is 1. The number of benzene rings is 1. The average Bonchev–Trinajstić information content (AvgIpc) is 2.45. The van der Waals surface area contributed by atoms with Gasteiger partial charge < -0.3 is 15.2 Å². The van der Waals surface area contributed by atoms with Crippen LogP contribution in [0.15, 0.2) is 24.8 Å². The number of halogens is 1. The number of nitrogens with two attached hydrogens (primary N) is 1. The molecule has 1 aromatic rings. The first-order valence-electron chi connectivity index (χ1n) is 5.96. The van der Waals surface area contributed by atoms with Crippen molar-refractivity contribution in [3.05, 3.63) is 45.5 Å². The summed E-state index contributed by atoms with van der Waals surface area (Å²) >= 11 is 5.90. The second-order valence-electron chi connectivity index (χ2n) is 4.15. The molecule has 0 saturated carbocycles. The van der Waals surface area contributed by atoms with Gasteiger partial charge in [0, 0.05) is 12.1 Å². The van der Waals surface area contributed by atoms with Gasteiger partial charge in [0.2, 0.25) is 0 Å². The molecule has 0 fully saturated rings. The molecular weight excluding hydrogens is 300 g/mol. The highest BCUT2D eigenvalue weighted by atomic mass is 35.5. The lowest BCUT2D eigenvalue weighted by atomic mass is 10.2. The Bertz CT molecular complexity index is 562. The number of nitro benzene ring substituents is 1. The van der Waals surface area contributed by atoms with E-state index in [0.717, 1.165) is 6.07 Å². The fourth-order valence-corrected chi connectivity index (χ4v) is 1.77. The molecule has 0 unspecified atom stereocenters. The Labute approximate surface area is 126 Å². The van der Waals surface area contributed by atoms with Gasteiger partial charge in [0.25, 0.3) is 5.69 Å². The first-order chi connectivity index (χ1) is 9.90. The number of hydrogen-bond acceptors (Lipinski definition) is 6. The minimum absolute atomic E-state index is 0.00535. The molecule has 0 aromatic heterocycles. The maximum absolute atomic E-state index is 11.5. The van der Waals surface area contributed by atoms with Crippen molar-refractivity contribution in [1.82, 2.24) is 0 Å². The summed E-state index contributed by atoms with van der Waals surface area (Å²) in [5.74, 6) is -0.721. The van der Waals surface area contributed by atoms with Gasteiger partial charge in [0.15, 0.2) is 5.02 Å². The maximum atomic E-state index is 11.5. The lowest BCUT2D eigenvalue weighted by Crippen LogP contribution is -2.27. The summed E-state index contributed by atoms with van der Waals surface area (Å²) in [6.07, 6.45) is 2.14. The van der Waals surface area contributed by atoms with E-state index in [9.17, 15) is 14.9 Å². The van der Waals surface area contributed by atoms with E-state index in [1.807, 2.05) is 0 Å². The highest BCUT2D eigenvalue weighted by molar-refractivity contribution is 6.34. The Balaban J connectivity index is 3.11. The van der Waals surface area contributed by atoms with Crippen LogP contribution < -0.4 is 10.5 Å². The Morgan fingerprint density at radius 3 is 2.81 bits per heavy atom. The Morgan fingerprint density at radius 1 is 1.62 bits per heavy atom. The van der Waals surface area contributed by atoms with Crippen LogP contribution in [-0.2, 0) is 4.74 Å². The van der Waals surface area contributed by atoms with Gasteiger partial charge in [-0.25, -0.2) is 4.79 Å². The van der Waals surface area contributed by atoms with Crippen molar-refractivity contribution >= 4 is 23.3 Å². The van der Waals surface area contributed by atoms with Crippen LogP contribution in [0.5, 0.6) is 5.75 Å². The van der Waals surface area contributed by atoms with Crippen LogP contribution in [0.4, 0.5) is 5.69 Å². The summed E-state index contributed by atoms with van der Waals surface area (Å²) in [7, 11) is 1.17. The van der Waals surface area contributed by atoms with Crippen molar-refractivity contribution < 1.29 is 19.2 Å². The van der Waals surface area contributed by atoms with E-state index in [1.165, 1.54) is 13.2 Å². The molecule has 1 rings (SSSR count). The SMILES string of the molecule is C=CC[C@H](N)COc1cc(C(=O)OC)cc([N+](=O)[O-])c1Cl. The quantitative estimate of drug-likeness (QED) is 0.358. The van der Waals surface area contributed by atoms with Gasteiger partial charge in [0.1, 0.15) is 12.4 Å². The molecule has 114 valence electrons. The van der Waals surface area contributed by atoms with Crippen LogP contribution in [0, 0.1) is 10.1 Å². The molecule has 1 aromatic carbocycles. The third-order valence-electron chi connectivity index (χ3n) is 2.56. The minimum Gasteiger partial charge on any atom is -0.490 e. The van der Waals surface area contributed by atoms with Crippen LogP contribution >= 0.6 is 11.6 Å². The number of carbonyl (C=O) groups excluding carboxylic acids is 1. The fourth-order valence-electron chi connectivity index (χ4n) is 1.54. The largest absolute Gasteiger partial charge is 0.490 e. The van der Waals surface area contributed by atoms with Crippen molar-refractivity contribution in [2.24, 2.45) is 5.73 Å². The summed E-state index contributed by atoms with van der Waals surface area (Å²) in [5, 5.41) is 10.8. The Hall–Kier alpha value is -2.12. The first kappa shape index (κ1) is 16.9. The van der Waals surface area contributed by atoms with E-state index in [1.54, 1.807) is 6.08 Å². The number of nitro groups is 1. The van der Waals surface area contributed by atoms with E-state index in [0.29, 0.717) is 6.42 Å². The van der Waals surface area contributed by atoms with Crippen molar-refractivity contribution in [2.45, 2.75) is 12.5 Å². The van der Waals surface area contributed by atoms with E-state index < -0.39 is 16.6 Å². The van der Waals surface area contributed by atoms with Crippen LogP contribution in [-0.4, -0.2) is 30.7 Å². The summed E-state index contributed by atoms with van der Waals surface area (Å²) in [5.41, 5.74) is 5.27. The second-order valence-corrected chi connectivity index (χ2v) is 4.53. The average molecular weight is 315 g/mol. The highest BCUT2D eigenvalue weighted by Gasteiger charge is 2.22. The van der Waals surface area contributed by atoms with Crippen molar-refractivity contribution in [3.8, 4) is 5.75 Å². The van der Waals surface area contributed by atoms with Gasteiger partial charge in [-0.15, -0.1) is 6.58 Å². The molecule has 1 atom stereocenters. The Kier molecular flexibility index (Phi) is 6.13. The van der Waals surface area contributed by atoms with Crippen molar-refractivity contribution in [3.63, 3.8) is 0 Å². The highest BCUT2D eigenvalue weighted by Crippen LogP contribution is 2.35. The molecular formula is C13H15ClN2O5. The lowest BCUT2D eigenvalue weighted by molar-refractivity contribution is -0.384. The Morgan fingerprint density at radius 2 is 2.29 bits per heavy atom. The second kappa shape index (κ2) is 7.61. The van der Waals surface area contributed by atoms with E-state index in [2.05, 4.69) is 11.3 Å². The topological polar surface area (TPSA) is 105 Å². The standard InChI is InChI=1S/C13H15ClN2O5/c1-3-4-9(15)7-21-11-6-8(13(17)20-2)5-10(12(11)14)16(18)19/h3,5-6,9H,1,4,7,15H2,2H3/t9-/m0/s1. The van der Waals surface area contributed by atoms with Gasteiger partial charge >= 0.3 is 5.97 Å². The minimum atomic E-state index is -0.727. The van der Waals surface area contributed by atoms with Crippen molar-refractivity contribution in [2.75, 3.05) is 13.7 Å². The molecule has 0 aliphatic rings. The van der Waals surface area contributed by atoms with Crippen LogP contribution in [0.25, 0.3) is 0 Å². The van der Waals surface area contributed by atoms with E-state index in [4.69, 9.17) is 22.1 Å². The van der Waals surface area contributed by atoms with Gasteiger partial charge in [0.05, 0.1) is 17.6 Å². The smallest absolute Gasteiger partial charge is 0.338 e. The molecule has 21 heavy (non-hydrogen) atoms. The zero-order valence-corrected chi connectivity index (χ0v) is 12.1. The molecule has 0 aliphatic heterocycles. The molecule has 0 spiro atoms. The van der Waals surface area contributed by atoms with Gasteiger partial charge in [-0.3, -0.25) is 10.1 Å². The number of nitrogens with zero attached hydrogens (tertiary/aromatic N) is 1. The molecule has 8 heteroatoms. The summed E-state index contributed by atoms with van der Waals surface area (Å²) in [6, 6.07) is 1.98. The monoisotopic (exact) mass is 314 g/mol. The molecule has 0 amide bonds. The summed E-state index contributed by atoms with van der Waals surface area (Å²) in [4.78, 5) is 21.8. The summed E-state index contributed by atoms with van der Waals surface area (Å²) < 4.78 is 9.89. The zero-order chi connectivity index (χ0) is 16.0. The third-order valence-corrected chi connectivity index (χ3v) is 2.94. The number of hydrogen-bond donors (Lipinski definition) is 1. The van der Waals surface area contributed by atoms with E-state index in [-0.39, 0.29) is 29.0 Å². The predicted octanol–water partition coefficient (Wildman–Crippen LogP) is 2.32. The van der Waals surface area contributed by atoms with E-state index >= 15 is 0 Å². The predicted molar refractivity (Wildman–Crippen MR) is 77.7 cm³/mol. The molecule has 0 saturated heterocycles. The number of carbonyl (C=O) groups is 1. The third kappa shape index (κ3) is 4.44. The molecule has 0 radical (unpaired) electrons. The molecule has 7 nitrogen and oxygen atoms in total. The van der Waals surface area contributed by atoms with Crippen LogP contribution in [0.3, 0.4) is 0 Å². The van der Waals surface area contributed by atoms with Crippen LogP contribution in [0.2, 0.25) is 5.02 Å². The normalized spacial score (nSPS) is 11.6. The van der Waals surface area contributed by atoms with Crippen molar-refractivity contribution in [1.29, 1.82) is 0 Å². The zero-order valence-electron chi connectivity index (χ0n) is 11.4. The fraction of sp³-hybridized carbons (Fsp3) is 0.308. The van der Waals surface area contributed by atoms with Gasteiger partial charge in [-0.1, -0.05) is 17.7 Å². The van der Waals surface area contributed by atoms with Crippen LogP contribution in [0.1, 0.15) is 16.8 Å². The van der Waals surface area contributed by atoms with Gasteiger partial charge in [-0.2, -0.15) is 0 Å². The first-order valence-corrected chi connectivity index (χ1v) is 6.34. The lowest BCUT2D eigenvalue weighted by Gasteiger charge is -2.13. The molecule has 0 aliphatic carbocycles. The number of methoxy groups -OCH3 is 1. The summed E-state index contributed by atoms with van der Waals surface area (Å²) in [6.45, 7) is 3.62. The number of rotatable bonds is 7. The van der Waals surface area contributed by atoms with Gasteiger partial charge in [-0.05, 0) is 12.5 Å². The maximum Gasteiger partial charge on any atom is 0.338 e. The molecule has 2 N–H and O–H groups in total. The molecule has 0 bridgehead atoms. The number of ether oxygens (including phenoxy) is 2.